The van der Waals surface area contributed by atoms with E-state index in [-0.39, 0.29) is 6.10 Å². The predicted octanol–water partition coefficient (Wildman–Crippen LogP) is 4.79. The standard InChI is InChI=1S/C19H20ClNO2/c20-18-9-8-16(22-15-4-2-1-3-5-15)12-19(18)23-17-10-13-6-7-14(11-17)21-13/h1-5,8-9,12-14,17,21H,6-7,10-11H2/t13-,14+,17-. The van der Waals surface area contributed by atoms with Crippen LogP contribution in [0.25, 0.3) is 0 Å². The summed E-state index contributed by atoms with van der Waals surface area (Å²) in [5.41, 5.74) is 0. The van der Waals surface area contributed by atoms with Gasteiger partial charge in [0.15, 0.2) is 0 Å². The number of para-hydroxylation sites is 1. The lowest BCUT2D eigenvalue weighted by atomic mass is 10.0. The molecule has 3 nitrogen and oxygen atoms in total. The average molecular weight is 330 g/mol. The van der Waals surface area contributed by atoms with Gasteiger partial charge in [0.2, 0.25) is 0 Å². The van der Waals surface area contributed by atoms with Crippen LogP contribution in [-0.4, -0.2) is 18.2 Å². The molecular formula is C19H20ClNO2. The van der Waals surface area contributed by atoms with Crippen LogP contribution >= 0.6 is 11.6 Å². The molecule has 2 fully saturated rings. The normalized spacial score (nSPS) is 26.0. The second-order valence-electron chi connectivity index (χ2n) is 6.36. The van der Waals surface area contributed by atoms with E-state index < -0.39 is 0 Å². The highest BCUT2D eigenvalue weighted by atomic mass is 35.5. The zero-order valence-corrected chi connectivity index (χ0v) is 13.6. The molecule has 2 aliphatic heterocycles. The lowest BCUT2D eigenvalue weighted by Gasteiger charge is -2.29. The van der Waals surface area contributed by atoms with Gasteiger partial charge in [0.1, 0.15) is 23.4 Å². The summed E-state index contributed by atoms with van der Waals surface area (Å²) in [5, 5.41) is 4.26. The molecule has 4 rings (SSSR count). The molecule has 23 heavy (non-hydrogen) atoms. The fraction of sp³-hybridized carbons (Fsp3) is 0.368. The molecule has 2 aromatic carbocycles. The number of piperidine rings is 1. The van der Waals surface area contributed by atoms with Gasteiger partial charge < -0.3 is 14.8 Å². The lowest BCUT2D eigenvalue weighted by Crippen LogP contribution is -2.42. The van der Waals surface area contributed by atoms with Crippen LogP contribution in [-0.2, 0) is 0 Å². The Balaban J connectivity index is 1.48. The molecule has 0 radical (unpaired) electrons. The maximum atomic E-state index is 6.31. The Hall–Kier alpha value is -1.71. The van der Waals surface area contributed by atoms with E-state index in [0.29, 0.717) is 22.9 Å². The second kappa shape index (κ2) is 6.42. The topological polar surface area (TPSA) is 30.5 Å². The van der Waals surface area contributed by atoms with E-state index in [0.717, 1.165) is 24.3 Å². The Kier molecular flexibility index (Phi) is 4.15. The van der Waals surface area contributed by atoms with Gasteiger partial charge in [-0.15, -0.1) is 0 Å². The van der Waals surface area contributed by atoms with Crippen molar-refractivity contribution in [2.45, 2.75) is 43.9 Å². The highest BCUT2D eigenvalue weighted by Crippen LogP contribution is 2.35. The highest BCUT2D eigenvalue weighted by Gasteiger charge is 2.34. The Morgan fingerprint density at radius 2 is 1.65 bits per heavy atom. The van der Waals surface area contributed by atoms with Crippen LogP contribution < -0.4 is 14.8 Å². The van der Waals surface area contributed by atoms with E-state index >= 15 is 0 Å². The molecule has 3 atom stereocenters. The molecule has 0 aromatic heterocycles. The molecule has 0 spiro atoms. The summed E-state index contributed by atoms with van der Waals surface area (Å²) in [7, 11) is 0. The van der Waals surface area contributed by atoms with Crippen molar-refractivity contribution in [2.75, 3.05) is 0 Å². The van der Waals surface area contributed by atoms with Crippen molar-refractivity contribution >= 4 is 11.6 Å². The molecule has 2 aliphatic rings. The molecule has 2 saturated heterocycles. The number of nitrogens with one attached hydrogen (secondary N) is 1. The summed E-state index contributed by atoms with van der Waals surface area (Å²) in [6.07, 6.45) is 4.86. The van der Waals surface area contributed by atoms with Crippen molar-refractivity contribution < 1.29 is 9.47 Å². The van der Waals surface area contributed by atoms with Gasteiger partial charge in [0.05, 0.1) is 5.02 Å². The minimum atomic E-state index is 0.234. The van der Waals surface area contributed by atoms with Crippen molar-refractivity contribution in [3.05, 3.63) is 53.6 Å². The lowest BCUT2D eigenvalue weighted by molar-refractivity contribution is 0.137. The van der Waals surface area contributed by atoms with Crippen LogP contribution in [0.2, 0.25) is 5.02 Å². The Labute approximate surface area is 141 Å². The van der Waals surface area contributed by atoms with Gasteiger partial charge in [0.25, 0.3) is 0 Å². The number of benzene rings is 2. The molecule has 2 heterocycles. The first kappa shape index (κ1) is 14.9. The van der Waals surface area contributed by atoms with Gasteiger partial charge in [-0.2, -0.15) is 0 Å². The number of hydrogen-bond donors (Lipinski definition) is 1. The van der Waals surface area contributed by atoms with Gasteiger partial charge in [-0.05, 0) is 49.9 Å². The summed E-state index contributed by atoms with van der Waals surface area (Å²) in [4.78, 5) is 0. The van der Waals surface area contributed by atoms with E-state index in [2.05, 4.69) is 5.32 Å². The minimum absolute atomic E-state index is 0.234. The van der Waals surface area contributed by atoms with E-state index in [1.165, 1.54) is 12.8 Å². The van der Waals surface area contributed by atoms with Gasteiger partial charge in [0, 0.05) is 18.2 Å². The van der Waals surface area contributed by atoms with Gasteiger partial charge in [-0.1, -0.05) is 29.8 Å². The summed E-state index contributed by atoms with van der Waals surface area (Å²) in [6, 6.07) is 16.5. The number of hydrogen-bond acceptors (Lipinski definition) is 3. The SMILES string of the molecule is Clc1ccc(Oc2ccccc2)cc1O[C@@H]1C[C@H]2CC[C@@H](C1)N2. The third-order valence-electron chi connectivity index (χ3n) is 4.61. The number of halogens is 1. The maximum absolute atomic E-state index is 6.31. The molecule has 1 N–H and O–H groups in total. The van der Waals surface area contributed by atoms with Crippen LogP contribution in [0.15, 0.2) is 48.5 Å². The Bertz CT molecular complexity index is 664. The van der Waals surface area contributed by atoms with Crippen molar-refractivity contribution in [2.24, 2.45) is 0 Å². The molecule has 120 valence electrons. The second-order valence-corrected chi connectivity index (χ2v) is 6.76. The van der Waals surface area contributed by atoms with Crippen molar-refractivity contribution in [3.63, 3.8) is 0 Å². The van der Waals surface area contributed by atoms with E-state index in [4.69, 9.17) is 21.1 Å². The summed E-state index contributed by atoms with van der Waals surface area (Å²) >= 11 is 6.31. The van der Waals surface area contributed by atoms with Crippen molar-refractivity contribution in [1.82, 2.24) is 5.32 Å². The maximum Gasteiger partial charge on any atom is 0.142 e. The zero-order valence-electron chi connectivity index (χ0n) is 12.9. The molecule has 0 saturated carbocycles. The van der Waals surface area contributed by atoms with Crippen molar-refractivity contribution in [1.29, 1.82) is 0 Å². The first-order valence-corrected chi connectivity index (χ1v) is 8.59. The molecular weight excluding hydrogens is 310 g/mol. The number of fused-ring (bicyclic) bond motifs is 2. The number of ether oxygens (including phenoxy) is 2. The minimum Gasteiger partial charge on any atom is -0.489 e. The van der Waals surface area contributed by atoms with E-state index in [1.807, 2.05) is 48.5 Å². The number of rotatable bonds is 4. The average Bonchev–Trinajstić information content (AvgIpc) is 2.90. The Morgan fingerprint density at radius 1 is 0.913 bits per heavy atom. The summed E-state index contributed by atoms with van der Waals surface area (Å²) in [5.74, 6) is 2.26. The van der Waals surface area contributed by atoms with Crippen LogP contribution in [0.5, 0.6) is 17.2 Å². The van der Waals surface area contributed by atoms with Gasteiger partial charge >= 0.3 is 0 Å². The molecule has 2 aromatic rings. The van der Waals surface area contributed by atoms with Crippen LogP contribution in [0.1, 0.15) is 25.7 Å². The first-order valence-electron chi connectivity index (χ1n) is 8.21. The third-order valence-corrected chi connectivity index (χ3v) is 4.92. The summed E-state index contributed by atoms with van der Waals surface area (Å²) < 4.78 is 12.1. The zero-order chi connectivity index (χ0) is 15.6. The quantitative estimate of drug-likeness (QED) is 0.874. The largest absolute Gasteiger partial charge is 0.489 e. The molecule has 0 unspecified atom stereocenters. The first-order chi connectivity index (χ1) is 11.3. The predicted molar refractivity (Wildman–Crippen MR) is 91.6 cm³/mol. The fourth-order valence-electron chi connectivity index (χ4n) is 3.54. The summed E-state index contributed by atoms with van der Waals surface area (Å²) in [6.45, 7) is 0. The Morgan fingerprint density at radius 3 is 2.39 bits per heavy atom. The highest BCUT2D eigenvalue weighted by molar-refractivity contribution is 6.32. The van der Waals surface area contributed by atoms with Crippen LogP contribution in [0.4, 0.5) is 0 Å². The van der Waals surface area contributed by atoms with Crippen LogP contribution in [0.3, 0.4) is 0 Å². The smallest absolute Gasteiger partial charge is 0.142 e. The van der Waals surface area contributed by atoms with Gasteiger partial charge in [-0.3, -0.25) is 0 Å². The monoisotopic (exact) mass is 329 g/mol. The van der Waals surface area contributed by atoms with E-state index in [9.17, 15) is 0 Å². The van der Waals surface area contributed by atoms with Crippen molar-refractivity contribution in [3.8, 4) is 17.2 Å². The molecule has 0 amide bonds. The van der Waals surface area contributed by atoms with Crippen LogP contribution in [0, 0.1) is 0 Å². The molecule has 2 bridgehead atoms. The third kappa shape index (κ3) is 3.46. The van der Waals surface area contributed by atoms with Gasteiger partial charge in [-0.25, -0.2) is 0 Å². The molecule has 0 aliphatic carbocycles. The van der Waals surface area contributed by atoms with E-state index in [1.54, 1.807) is 0 Å². The molecule has 4 heteroatoms. The fourth-order valence-corrected chi connectivity index (χ4v) is 3.71.